The molecule has 0 aromatic carbocycles. The van der Waals surface area contributed by atoms with Crippen LogP contribution in [0.5, 0.6) is 0 Å². The second-order valence-corrected chi connectivity index (χ2v) is 5.52. The minimum absolute atomic E-state index is 0.366. The zero-order valence-corrected chi connectivity index (χ0v) is 14.7. The van der Waals surface area contributed by atoms with Gasteiger partial charge in [0.05, 0.1) is 18.8 Å². The van der Waals surface area contributed by atoms with Crippen molar-refractivity contribution in [1.82, 2.24) is 15.0 Å². The lowest BCUT2D eigenvalue weighted by Crippen LogP contribution is -2.08. The van der Waals surface area contributed by atoms with Gasteiger partial charge in [-0.25, -0.2) is 15.0 Å². The molecule has 0 atom stereocenters. The molecular weight excluding hydrogens is 306 g/mol. The molecule has 0 unspecified atom stereocenters. The van der Waals surface area contributed by atoms with Gasteiger partial charge in [-0.1, -0.05) is 40.0 Å². The average molecular weight is 333 g/mol. The van der Waals surface area contributed by atoms with Crippen molar-refractivity contribution in [1.29, 1.82) is 0 Å². The molecule has 1 heterocycles. The van der Waals surface area contributed by atoms with Crippen molar-refractivity contribution in [2.45, 2.75) is 59.3 Å². The number of hydrogen-bond donors (Lipinski definition) is 3. The Morgan fingerprint density at radius 2 is 0.875 bits per heavy atom. The van der Waals surface area contributed by atoms with Crippen LogP contribution in [0.1, 0.15) is 76.8 Å². The molecule has 132 valence electrons. The molecule has 1 aromatic rings. The van der Waals surface area contributed by atoms with E-state index in [1.165, 1.54) is 0 Å². The molecule has 0 fully saturated rings. The first-order chi connectivity index (χ1) is 11.6. The van der Waals surface area contributed by atoms with Crippen LogP contribution in [0.2, 0.25) is 0 Å². The fourth-order valence-corrected chi connectivity index (χ4v) is 2.32. The van der Waals surface area contributed by atoms with Crippen molar-refractivity contribution in [2.75, 3.05) is 0 Å². The van der Waals surface area contributed by atoms with E-state index in [1.807, 2.05) is 20.8 Å². The third-order valence-corrected chi connectivity index (χ3v) is 3.52. The number of nitrogens with zero attached hydrogens (tertiary/aromatic N) is 3. The van der Waals surface area contributed by atoms with Gasteiger partial charge in [0.15, 0.2) is 17.5 Å². The molecule has 24 heavy (non-hydrogen) atoms. The van der Waals surface area contributed by atoms with Crippen LogP contribution in [0.25, 0.3) is 16.7 Å². The highest BCUT2D eigenvalue weighted by atomic mass is 16.2. The zero-order chi connectivity index (χ0) is 17.9. The summed E-state index contributed by atoms with van der Waals surface area (Å²) in [5.74, 6) is 1.10. The number of rotatable bonds is 9. The van der Waals surface area contributed by atoms with E-state index in [0.717, 1.165) is 38.0 Å². The van der Waals surface area contributed by atoms with E-state index < -0.39 is 0 Å². The van der Waals surface area contributed by atoms with Crippen LogP contribution in [0.4, 0.5) is 0 Å². The summed E-state index contributed by atoms with van der Waals surface area (Å²) in [6.45, 7) is 6.00. The fourth-order valence-electron chi connectivity index (χ4n) is 2.32. The second kappa shape index (κ2) is 10.4. The normalized spacial score (nSPS) is 13.4. The van der Waals surface area contributed by atoms with Crippen LogP contribution in [0.15, 0.2) is 18.8 Å². The zero-order valence-electron chi connectivity index (χ0n) is 14.7. The maximum Gasteiger partial charge on any atom is 0.163 e. The Bertz CT molecular complexity index is 524. The molecule has 0 spiro atoms. The summed E-state index contributed by atoms with van der Waals surface area (Å²) in [5, 5.41) is 28.5. The SMILES string of the molecule is CCC/C(=C\O)c1nc(/C(=C/O)CCC)nc(/C(=C/O)CCC)n1. The summed E-state index contributed by atoms with van der Waals surface area (Å²) >= 11 is 0. The van der Waals surface area contributed by atoms with E-state index in [0.29, 0.717) is 53.5 Å². The molecular formula is C18H27N3O3. The minimum atomic E-state index is 0.366. The van der Waals surface area contributed by atoms with Crippen molar-refractivity contribution < 1.29 is 15.3 Å². The lowest BCUT2D eigenvalue weighted by atomic mass is 10.1. The van der Waals surface area contributed by atoms with Gasteiger partial charge in [-0.15, -0.1) is 0 Å². The minimum Gasteiger partial charge on any atom is -0.515 e. The van der Waals surface area contributed by atoms with Gasteiger partial charge in [-0.3, -0.25) is 0 Å². The first-order valence-electron chi connectivity index (χ1n) is 8.41. The Kier molecular flexibility index (Phi) is 8.54. The van der Waals surface area contributed by atoms with Crippen LogP contribution >= 0.6 is 0 Å². The number of hydrogen-bond acceptors (Lipinski definition) is 6. The highest BCUT2D eigenvalue weighted by Crippen LogP contribution is 2.24. The van der Waals surface area contributed by atoms with Crippen molar-refractivity contribution in [3.8, 4) is 0 Å². The highest BCUT2D eigenvalue weighted by molar-refractivity contribution is 5.66. The van der Waals surface area contributed by atoms with E-state index in [1.54, 1.807) is 0 Å². The molecule has 1 aromatic heterocycles. The van der Waals surface area contributed by atoms with Crippen molar-refractivity contribution in [2.24, 2.45) is 0 Å². The average Bonchev–Trinajstić information content (AvgIpc) is 2.61. The topological polar surface area (TPSA) is 99.4 Å². The summed E-state index contributed by atoms with van der Waals surface area (Å²) < 4.78 is 0. The number of aromatic nitrogens is 3. The molecule has 6 heteroatoms. The second-order valence-electron chi connectivity index (χ2n) is 5.52. The molecule has 0 aliphatic carbocycles. The summed E-state index contributed by atoms with van der Waals surface area (Å²) in [7, 11) is 0. The van der Waals surface area contributed by atoms with Gasteiger partial charge >= 0.3 is 0 Å². The van der Waals surface area contributed by atoms with E-state index >= 15 is 0 Å². The molecule has 0 bridgehead atoms. The van der Waals surface area contributed by atoms with Gasteiger partial charge in [0.25, 0.3) is 0 Å². The standard InChI is InChI=1S/C18H27N3O3/c1-4-7-13(10-22)16-19-17(14(11-23)8-5-2)21-18(20-16)15(12-24)9-6-3/h10-12,22-24H,4-9H2,1-3H3/b13-10+,14-11+,15-12+. The largest absolute Gasteiger partial charge is 0.515 e. The van der Waals surface area contributed by atoms with Crippen LogP contribution < -0.4 is 0 Å². The predicted octanol–water partition coefficient (Wildman–Crippen LogP) is 4.97. The quantitative estimate of drug-likeness (QED) is 0.552. The van der Waals surface area contributed by atoms with E-state index in [2.05, 4.69) is 15.0 Å². The molecule has 0 saturated heterocycles. The van der Waals surface area contributed by atoms with Gasteiger partial charge in [-0.2, -0.15) is 0 Å². The summed E-state index contributed by atoms with van der Waals surface area (Å²) in [6, 6.07) is 0. The lowest BCUT2D eigenvalue weighted by Gasteiger charge is -2.11. The predicted molar refractivity (Wildman–Crippen MR) is 96.4 cm³/mol. The molecule has 0 aliphatic rings. The smallest absolute Gasteiger partial charge is 0.163 e. The van der Waals surface area contributed by atoms with E-state index in [4.69, 9.17) is 0 Å². The Hall–Kier alpha value is -2.37. The molecule has 6 nitrogen and oxygen atoms in total. The Labute approximate surface area is 143 Å². The highest BCUT2D eigenvalue weighted by Gasteiger charge is 2.16. The van der Waals surface area contributed by atoms with Crippen molar-refractivity contribution in [3.05, 3.63) is 36.3 Å². The first-order valence-corrected chi connectivity index (χ1v) is 8.41. The third-order valence-electron chi connectivity index (χ3n) is 3.52. The number of aliphatic hydroxyl groups is 3. The summed E-state index contributed by atoms with van der Waals surface area (Å²) in [5.41, 5.74) is 1.81. The molecule has 0 saturated carbocycles. The van der Waals surface area contributed by atoms with Crippen LogP contribution in [-0.2, 0) is 0 Å². The van der Waals surface area contributed by atoms with E-state index in [-0.39, 0.29) is 0 Å². The number of allylic oxidation sites excluding steroid dienone is 3. The monoisotopic (exact) mass is 333 g/mol. The lowest BCUT2D eigenvalue weighted by molar-refractivity contribution is 0.472. The summed E-state index contributed by atoms with van der Waals surface area (Å²) in [6.07, 6.45) is 7.39. The molecule has 0 amide bonds. The Balaban J connectivity index is 3.49. The molecule has 3 N–H and O–H groups in total. The maximum atomic E-state index is 9.50. The van der Waals surface area contributed by atoms with Crippen molar-refractivity contribution >= 4 is 16.7 Å². The third kappa shape index (κ3) is 5.08. The van der Waals surface area contributed by atoms with Gasteiger partial charge < -0.3 is 15.3 Å². The van der Waals surface area contributed by atoms with E-state index in [9.17, 15) is 15.3 Å². The Morgan fingerprint density at radius 3 is 1.04 bits per heavy atom. The Morgan fingerprint density at radius 1 is 0.625 bits per heavy atom. The van der Waals surface area contributed by atoms with Crippen LogP contribution in [-0.4, -0.2) is 30.3 Å². The van der Waals surface area contributed by atoms with Gasteiger partial charge in [0.1, 0.15) is 0 Å². The molecule has 1 rings (SSSR count). The fraction of sp³-hybridized carbons (Fsp3) is 0.500. The van der Waals surface area contributed by atoms with Crippen LogP contribution in [0, 0.1) is 0 Å². The van der Waals surface area contributed by atoms with Gasteiger partial charge in [-0.05, 0) is 19.3 Å². The first kappa shape index (κ1) is 19.7. The van der Waals surface area contributed by atoms with Crippen molar-refractivity contribution in [3.63, 3.8) is 0 Å². The van der Waals surface area contributed by atoms with Crippen LogP contribution in [0.3, 0.4) is 0 Å². The van der Waals surface area contributed by atoms with Gasteiger partial charge in [0, 0.05) is 16.7 Å². The molecule has 0 radical (unpaired) electrons. The summed E-state index contributed by atoms with van der Waals surface area (Å²) in [4.78, 5) is 13.2. The van der Waals surface area contributed by atoms with Gasteiger partial charge in [0.2, 0.25) is 0 Å². The maximum absolute atomic E-state index is 9.50. The molecule has 0 aliphatic heterocycles. The number of aliphatic hydroxyl groups excluding tert-OH is 3.